The maximum Gasteiger partial charge on any atom is 0.422 e. The first-order valence-electron chi connectivity index (χ1n) is 6.79. The summed E-state index contributed by atoms with van der Waals surface area (Å²) in [5, 5.41) is 0. The van der Waals surface area contributed by atoms with Crippen LogP contribution in [-0.2, 0) is 14.3 Å². The first kappa shape index (κ1) is 17.0. The predicted octanol–water partition coefficient (Wildman–Crippen LogP) is 2.32. The van der Waals surface area contributed by atoms with Crippen molar-refractivity contribution in [1.29, 1.82) is 0 Å². The third kappa shape index (κ3) is 6.27. The second-order valence-corrected chi connectivity index (χ2v) is 5.37. The van der Waals surface area contributed by atoms with Crippen LogP contribution in [0.1, 0.15) is 39.3 Å². The van der Waals surface area contributed by atoms with Crippen molar-refractivity contribution in [2.75, 3.05) is 6.61 Å². The molecule has 0 fully saturated rings. The third-order valence-electron chi connectivity index (χ3n) is 2.37. The molecule has 1 aromatic carbocycles. The highest BCUT2D eigenvalue weighted by molar-refractivity contribution is 5.78. The number of carbonyl (C=O) groups excluding carboxylic acids is 2. The minimum Gasteiger partial charge on any atom is -0.465 e. The molecule has 1 atom stereocenters. The Morgan fingerprint density at radius 1 is 1.19 bits per heavy atom. The Hall–Kier alpha value is -2.08. The van der Waals surface area contributed by atoms with Crippen LogP contribution in [0.2, 0.25) is 0 Å². The Morgan fingerprint density at radius 3 is 2.33 bits per heavy atom. The highest BCUT2D eigenvalue weighted by atomic mass is 16.6. The Kier molecular flexibility index (Phi) is 6.17. The summed E-state index contributed by atoms with van der Waals surface area (Å²) in [4.78, 5) is 23.6. The van der Waals surface area contributed by atoms with Crippen molar-refractivity contribution < 1.29 is 19.1 Å². The summed E-state index contributed by atoms with van der Waals surface area (Å²) in [7, 11) is 0. The maximum absolute atomic E-state index is 12.0. The van der Waals surface area contributed by atoms with Crippen LogP contribution in [0.4, 0.5) is 4.79 Å². The van der Waals surface area contributed by atoms with E-state index in [0.717, 1.165) is 0 Å². The van der Waals surface area contributed by atoms with Gasteiger partial charge in [0.15, 0.2) is 0 Å². The lowest BCUT2D eigenvalue weighted by Gasteiger charge is -2.22. The van der Waals surface area contributed by atoms with E-state index in [1.807, 2.05) is 6.07 Å². The number of amides is 1. The lowest BCUT2D eigenvalue weighted by atomic mass is 10.1. The SMILES string of the molecule is CCOC(=O)C(NNC(=O)OC(C)(C)C)c1ccccc1. The number of rotatable bonds is 5. The van der Waals surface area contributed by atoms with Crippen LogP contribution in [0.3, 0.4) is 0 Å². The van der Waals surface area contributed by atoms with Gasteiger partial charge in [-0.15, -0.1) is 0 Å². The van der Waals surface area contributed by atoms with Crippen molar-refractivity contribution in [3.05, 3.63) is 35.9 Å². The Balaban J connectivity index is 2.71. The zero-order chi connectivity index (χ0) is 15.9. The summed E-state index contributed by atoms with van der Waals surface area (Å²) in [6, 6.07) is 8.19. The summed E-state index contributed by atoms with van der Waals surface area (Å²) < 4.78 is 10.1. The third-order valence-corrected chi connectivity index (χ3v) is 2.37. The number of hydrazine groups is 1. The van der Waals surface area contributed by atoms with Gasteiger partial charge < -0.3 is 9.47 Å². The predicted molar refractivity (Wildman–Crippen MR) is 78.3 cm³/mol. The average Bonchev–Trinajstić information content (AvgIpc) is 2.38. The first-order valence-corrected chi connectivity index (χ1v) is 6.79. The van der Waals surface area contributed by atoms with Crippen LogP contribution < -0.4 is 10.9 Å². The molecule has 0 aliphatic heterocycles. The fraction of sp³-hybridized carbons (Fsp3) is 0.467. The molecule has 1 unspecified atom stereocenters. The second kappa shape index (κ2) is 7.64. The van der Waals surface area contributed by atoms with E-state index in [4.69, 9.17) is 9.47 Å². The van der Waals surface area contributed by atoms with E-state index in [1.165, 1.54) is 0 Å². The molecule has 0 aromatic heterocycles. The summed E-state index contributed by atoms with van der Waals surface area (Å²) in [6.07, 6.45) is -0.660. The van der Waals surface area contributed by atoms with Crippen LogP contribution in [0.25, 0.3) is 0 Å². The summed E-state index contributed by atoms with van der Waals surface area (Å²) >= 11 is 0. The molecular weight excluding hydrogens is 272 g/mol. The molecule has 0 bridgehead atoms. The molecule has 1 amide bonds. The molecule has 6 heteroatoms. The van der Waals surface area contributed by atoms with Gasteiger partial charge in [-0.3, -0.25) is 5.43 Å². The topological polar surface area (TPSA) is 76.7 Å². The van der Waals surface area contributed by atoms with Gasteiger partial charge >= 0.3 is 12.1 Å². The summed E-state index contributed by atoms with van der Waals surface area (Å²) in [6.45, 7) is 7.25. The van der Waals surface area contributed by atoms with Gasteiger partial charge in [0, 0.05) is 0 Å². The van der Waals surface area contributed by atoms with Crippen molar-refractivity contribution in [3.63, 3.8) is 0 Å². The Labute approximate surface area is 124 Å². The molecule has 0 spiro atoms. The normalized spacial score (nSPS) is 12.4. The van der Waals surface area contributed by atoms with Gasteiger partial charge in [-0.2, -0.15) is 0 Å². The molecule has 1 rings (SSSR count). The molecule has 0 saturated carbocycles. The van der Waals surface area contributed by atoms with E-state index in [1.54, 1.807) is 52.0 Å². The molecular formula is C15H22N2O4. The van der Waals surface area contributed by atoms with E-state index >= 15 is 0 Å². The van der Waals surface area contributed by atoms with Gasteiger partial charge in [0.05, 0.1) is 6.61 Å². The molecule has 0 aliphatic carbocycles. The summed E-state index contributed by atoms with van der Waals surface area (Å²) in [5.41, 5.74) is 5.08. The molecule has 1 aromatic rings. The fourth-order valence-electron chi connectivity index (χ4n) is 1.58. The van der Waals surface area contributed by atoms with E-state index in [0.29, 0.717) is 5.56 Å². The van der Waals surface area contributed by atoms with Crippen molar-refractivity contribution in [2.24, 2.45) is 0 Å². The number of esters is 1. The molecule has 0 radical (unpaired) electrons. The minimum atomic E-state index is -0.793. The van der Waals surface area contributed by atoms with Crippen molar-refractivity contribution >= 4 is 12.1 Å². The number of ether oxygens (including phenoxy) is 2. The van der Waals surface area contributed by atoms with Crippen LogP contribution in [-0.4, -0.2) is 24.3 Å². The molecule has 21 heavy (non-hydrogen) atoms. The number of benzene rings is 1. The summed E-state index contributed by atoms with van der Waals surface area (Å²) in [5.74, 6) is -0.472. The standard InChI is InChI=1S/C15H22N2O4/c1-5-20-13(18)12(11-9-7-6-8-10-11)16-17-14(19)21-15(2,3)4/h6-10,12,16H,5H2,1-4H3,(H,17,19). The Morgan fingerprint density at radius 2 is 1.81 bits per heavy atom. The quantitative estimate of drug-likeness (QED) is 0.644. The Bertz CT molecular complexity index is 468. The molecule has 0 saturated heterocycles. The van der Waals surface area contributed by atoms with Gasteiger partial charge in [0.2, 0.25) is 0 Å². The van der Waals surface area contributed by atoms with Crippen molar-refractivity contribution in [3.8, 4) is 0 Å². The molecule has 2 N–H and O–H groups in total. The van der Waals surface area contributed by atoms with E-state index < -0.39 is 23.7 Å². The van der Waals surface area contributed by atoms with Gasteiger partial charge in [-0.1, -0.05) is 30.3 Å². The number of hydrogen-bond acceptors (Lipinski definition) is 5. The van der Waals surface area contributed by atoms with E-state index in [2.05, 4.69) is 10.9 Å². The van der Waals surface area contributed by atoms with Crippen LogP contribution in [0.5, 0.6) is 0 Å². The molecule has 6 nitrogen and oxygen atoms in total. The highest BCUT2D eigenvalue weighted by Crippen LogP contribution is 2.14. The largest absolute Gasteiger partial charge is 0.465 e. The fourth-order valence-corrected chi connectivity index (χ4v) is 1.58. The number of hydrogen-bond donors (Lipinski definition) is 2. The average molecular weight is 294 g/mol. The van der Waals surface area contributed by atoms with Crippen LogP contribution >= 0.6 is 0 Å². The van der Waals surface area contributed by atoms with Gasteiger partial charge in [0.25, 0.3) is 0 Å². The lowest BCUT2D eigenvalue weighted by Crippen LogP contribution is -2.45. The lowest BCUT2D eigenvalue weighted by molar-refractivity contribution is -0.146. The second-order valence-electron chi connectivity index (χ2n) is 5.37. The molecule has 0 aliphatic rings. The minimum absolute atomic E-state index is 0.260. The van der Waals surface area contributed by atoms with Gasteiger partial charge in [0.1, 0.15) is 11.6 Å². The monoisotopic (exact) mass is 294 g/mol. The van der Waals surface area contributed by atoms with Crippen molar-refractivity contribution in [2.45, 2.75) is 39.3 Å². The van der Waals surface area contributed by atoms with Crippen molar-refractivity contribution in [1.82, 2.24) is 10.9 Å². The zero-order valence-electron chi connectivity index (χ0n) is 12.8. The smallest absolute Gasteiger partial charge is 0.422 e. The van der Waals surface area contributed by atoms with E-state index in [-0.39, 0.29) is 6.61 Å². The van der Waals surface area contributed by atoms with E-state index in [9.17, 15) is 9.59 Å². The van der Waals surface area contributed by atoms with Crippen LogP contribution in [0.15, 0.2) is 30.3 Å². The van der Waals surface area contributed by atoms with Crippen LogP contribution in [0, 0.1) is 0 Å². The van der Waals surface area contributed by atoms with Gasteiger partial charge in [-0.25, -0.2) is 15.0 Å². The maximum atomic E-state index is 12.0. The molecule has 116 valence electrons. The zero-order valence-corrected chi connectivity index (χ0v) is 12.8. The molecule has 0 heterocycles. The first-order chi connectivity index (χ1) is 9.83. The van der Waals surface area contributed by atoms with Gasteiger partial charge in [-0.05, 0) is 33.3 Å². The number of nitrogens with one attached hydrogen (secondary N) is 2. The highest BCUT2D eigenvalue weighted by Gasteiger charge is 2.23. The number of carbonyl (C=O) groups is 2.